The van der Waals surface area contributed by atoms with Gasteiger partial charge in [0, 0.05) is 6.04 Å². The molecule has 0 heterocycles. The Kier molecular flexibility index (Phi) is 5.54. The van der Waals surface area contributed by atoms with Crippen molar-refractivity contribution in [3.63, 3.8) is 0 Å². The van der Waals surface area contributed by atoms with E-state index in [0.29, 0.717) is 10.5 Å². The maximum atomic E-state index is 13.3. The molecule has 2 aromatic rings. The summed E-state index contributed by atoms with van der Waals surface area (Å²) in [6, 6.07) is 12.2. The maximum absolute atomic E-state index is 13.3. The summed E-state index contributed by atoms with van der Waals surface area (Å²) < 4.78 is 13.8. The van der Waals surface area contributed by atoms with Crippen molar-refractivity contribution in [2.75, 3.05) is 7.05 Å². The van der Waals surface area contributed by atoms with Gasteiger partial charge in [-0.3, -0.25) is 0 Å². The van der Waals surface area contributed by atoms with Crippen LogP contribution in [0.25, 0.3) is 0 Å². The standard InChI is InChI=1S/C18H21BrFN/c1-12-4-5-14(8-13(12)2)9-16(21-3)10-15-6-7-18(20)17(19)11-15/h4-8,11,16,21H,9-10H2,1-3H3. The van der Waals surface area contributed by atoms with Gasteiger partial charge in [-0.25, -0.2) is 4.39 Å². The smallest absolute Gasteiger partial charge is 0.137 e. The lowest BCUT2D eigenvalue weighted by molar-refractivity contribution is 0.554. The summed E-state index contributed by atoms with van der Waals surface area (Å²) in [6.07, 6.45) is 1.84. The molecule has 2 aromatic carbocycles. The normalized spacial score (nSPS) is 12.4. The fraction of sp³-hybridized carbons (Fsp3) is 0.333. The van der Waals surface area contributed by atoms with Crippen LogP contribution in [0.1, 0.15) is 22.3 Å². The van der Waals surface area contributed by atoms with Crippen LogP contribution in [-0.2, 0) is 12.8 Å². The van der Waals surface area contributed by atoms with Crippen LogP contribution in [0.4, 0.5) is 4.39 Å². The van der Waals surface area contributed by atoms with Crippen LogP contribution in [0, 0.1) is 19.7 Å². The van der Waals surface area contributed by atoms with Crippen molar-refractivity contribution in [1.82, 2.24) is 5.32 Å². The zero-order valence-corrected chi connectivity index (χ0v) is 14.3. The highest BCUT2D eigenvalue weighted by Crippen LogP contribution is 2.19. The van der Waals surface area contributed by atoms with E-state index in [9.17, 15) is 4.39 Å². The fourth-order valence-corrected chi connectivity index (χ4v) is 2.87. The zero-order valence-electron chi connectivity index (χ0n) is 12.7. The van der Waals surface area contributed by atoms with Gasteiger partial charge in [0.2, 0.25) is 0 Å². The minimum absolute atomic E-state index is 0.214. The van der Waals surface area contributed by atoms with E-state index in [1.807, 2.05) is 19.2 Å². The number of aryl methyl sites for hydroxylation is 2. The van der Waals surface area contributed by atoms with E-state index in [2.05, 4.69) is 53.3 Å². The van der Waals surface area contributed by atoms with Gasteiger partial charge >= 0.3 is 0 Å². The molecule has 0 spiro atoms. The largest absolute Gasteiger partial charge is 0.316 e. The Balaban J connectivity index is 2.08. The summed E-state index contributed by atoms with van der Waals surface area (Å²) in [5.41, 5.74) is 5.11. The first-order chi connectivity index (χ1) is 9.99. The van der Waals surface area contributed by atoms with Gasteiger partial charge < -0.3 is 5.32 Å². The van der Waals surface area contributed by atoms with Gasteiger partial charge in [0.15, 0.2) is 0 Å². The number of rotatable bonds is 5. The highest BCUT2D eigenvalue weighted by Gasteiger charge is 2.10. The van der Waals surface area contributed by atoms with E-state index >= 15 is 0 Å². The Morgan fingerprint density at radius 1 is 1.00 bits per heavy atom. The molecule has 21 heavy (non-hydrogen) atoms. The molecule has 0 radical (unpaired) electrons. The lowest BCUT2D eigenvalue weighted by Crippen LogP contribution is -2.30. The summed E-state index contributed by atoms with van der Waals surface area (Å²) in [5, 5.41) is 3.36. The lowest BCUT2D eigenvalue weighted by Gasteiger charge is -2.17. The van der Waals surface area contributed by atoms with Crippen LogP contribution in [0.3, 0.4) is 0 Å². The molecule has 0 bridgehead atoms. The van der Waals surface area contributed by atoms with E-state index in [1.165, 1.54) is 22.8 Å². The molecule has 0 aliphatic rings. The number of nitrogens with one attached hydrogen (secondary N) is 1. The molecule has 1 unspecified atom stereocenters. The number of likely N-dealkylation sites (N-methyl/N-ethyl adjacent to an activating group) is 1. The molecule has 0 amide bonds. The van der Waals surface area contributed by atoms with E-state index in [0.717, 1.165) is 18.4 Å². The lowest BCUT2D eigenvalue weighted by atomic mass is 9.97. The van der Waals surface area contributed by atoms with Crippen molar-refractivity contribution in [3.05, 3.63) is 68.9 Å². The van der Waals surface area contributed by atoms with Gasteiger partial charge in [-0.2, -0.15) is 0 Å². The van der Waals surface area contributed by atoms with E-state index in [-0.39, 0.29) is 5.82 Å². The van der Waals surface area contributed by atoms with Crippen LogP contribution in [-0.4, -0.2) is 13.1 Å². The summed E-state index contributed by atoms with van der Waals surface area (Å²) in [4.78, 5) is 0. The SMILES string of the molecule is CNC(Cc1ccc(C)c(C)c1)Cc1ccc(F)c(Br)c1. The number of halogens is 2. The first-order valence-corrected chi connectivity index (χ1v) is 7.96. The van der Waals surface area contributed by atoms with Crippen molar-refractivity contribution in [1.29, 1.82) is 0 Å². The predicted molar refractivity (Wildman–Crippen MR) is 90.3 cm³/mol. The number of benzene rings is 2. The Morgan fingerprint density at radius 2 is 1.62 bits per heavy atom. The maximum Gasteiger partial charge on any atom is 0.137 e. The molecule has 0 aliphatic heterocycles. The first kappa shape index (κ1) is 16.2. The topological polar surface area (TPSA) is 12.0 Å². The third-order valence-electron chi connectivity index (χ3n) is 3.93. The predicted octanol–water partition coefficient (Wildman–Crippen LogP) is 4.58. The molecule has 0 aromatic heterocycles. The van der Waals surface area contributed by atoms with Gasteiger partial charge in [-0.05, 0) is 84.1 Å². The van der Waals surface area contributed by atoms with Gasteiger partial charge in [0.1, 0.15) is 5.82 Å². The zero-order chi connectivity index (χ0) is 15.4. The van der Waals surface area contributed by atoms with Crippen molar-refractivity contribution in [2.45, 2.75) is 32.7 Å². The summed E-state index contributed by atoms with van der Waals surface area (Å²) >= 11 is 3.25. The minimum atomic E-state index is -0.214. The molecule has 1 N–H and O–H groups in total. The molecule has 0 saturated carbocycles. The second-order valence-electron chi connectivity index (χ2n) is 5.56. The molecule has 2 rings (SSSR count). The highest BCUT2D eigenvalue weighted by atomic mass is 79.9. The average molecular weight is 350 g/mol. The Bertz CT molecular complexity index is 571. The molecule has 0 saturated heterocycles. The van der Waals surface area contributed by atoms with E-state index in [4.69, 9.17) is 0 Å². The number of hydrogen-bond donors (Lipinski definition) is 1. The molecule has 0 fully saturated rings. The summed E-state index contributed by atoms with van der Waals surface area (Å²) in [5.74, 6) is -0.214. The second-order valence-corrected chi connectivity index (χ2v) is 6.42. The van der Waals surface area contributed by atoms with Crippen LogP contribution in [0.5, 0.6) is 0 Å². The van der Waals surface area contributed by atoms with E-state index < -0.39 is 0 Å². The van der Waals surface area contributed by atoms with Crippen molar-refractivity contribution < 1.29 is 4.39 Å². The van der Waals surface area contributed by atoms with E-state index in [1.54, 1.807) is 0 Å². The van der Waals surface area contributed by atoms with Gasteiger partial charge in [-0.1, -0.05) is 24.3 Å². The Labute approximate surface area is 134 Å². The van der Waals surface area contributed by atoms with Crippen molar-refractivity contribution in [2.24, 2.45) is 0 Å². The van der Waals surface area contributed by atoms with Crippen LogP contribution in [0.15, 0.2) is 40.9 Å². The van der Waals surface area contributed by atoms with Gasteiger partial charge in [0.05, 0.1) is 4.47 Å². The fourth-order valence-electron chi connectivity index (χ4n) is 2.44. The summed E-state index contributed by atoms with van der Waals surface area (Å²) in [6.45, 7) is 4.27. The molecule has 1 nitrogen and oxygen atoms in total. The van der Waals surface area contributed by atoms with Crippen molar-refractivity contribution >= 4 is 15.9 Å². The van der Waals surface area contributed by atoms with Gasteiger partial charge in [-0.15, -0.1) is 0 Å². The Hall–Kier alpha value is -1.19. The minimum Gasteiger partial charge on any atom is -0.316 e. The molecule has 112 valence electrons. The average Bonchev–Trinajstić information content (AvgIpc) is 2.46. The second kappa shape index (κ2) is 7.19. The molecule has 1 atom stereocenters. The third-order valence-corrected chi connectivity index (χ3v) is 4.54. The molecule has 3 heteroatoms. The quantitative estimate of drug-likeness (QED) is 0.832. The van der Waals surface area contributed by atoms with Gasteiger partial charge in [0.25, 0.3) is 0 Å². The molecular formula is C18H21BrFN. The number of hydrogen-bond acceptors (Lipinski definition) is 1. The monoisotopic (exact) mass is 349 g/mol. The highest BCUT2D eigenvalue weighted by molar-refractivity contribution is 9.10. The van der Waals surface area contributed by atoms with Crippen LogP contribution >= 0.6 is 15.9 Å². The van der Waals surface area contributed by atoms with Crippen molar-refractivity contribution in [3.8, 4) is 0 Å². The molecular weight excluding hydrogens is 329 g/mol. The Morgan fingerprint density at radius 3 is 2.19 bits per heavy atom. The third kappa shape index (κ3) is 4.39. The molecule has 0 aliphatic carbocycles. The van der Waals surface area contributed by atoms with Crippen LogP contribution < -0.4 is 5.32 Å². The van der Waals surface area contributed by atoms with Crippen LogP contribution in [0.2, 0.25) is 0 Å². The first-order valence-electron chi connectivity index (χ1n) is 7.17. The summed E-state index contributed by atoms with van der Waals surface area (Å²) in [7, 11) is 1.98.